The van der Waals surface area contributed by atoms with Gasteiger partial charge >= 0.3 is 0 Å². The van der Waals surface area contributed by atoms with Crippen molar-refractivity contribution < 1.29 is 4.79 Å². The van der Waals surface area contributed by atoms with Crippen LogP contribution in [-0.4, -0.2) is 47.0 Å². The summed E-state index contributed by atoms with van der Waals surface area (Å²) in [4.78, 5) is 28.1. The van der Waals surface area contributed by atoms with Crippen LogP contribution in [0.4, 0.5) is 5.82 Å². The number of carbonyl (C=O) groups excluding carboxylic acids is 1. The summed E-state index contributed by atoms with van der Waals surface area (Å²) in [7, 11) is 0. The van der Waals surface area contributed by atoms with E-state index < -0.39 is 0 Å². The van der Waals surface area contributed by atoms with Gasteiger partial charge in [-0.25, -0.2) is 9.97 Å². The smallest absolute Gasteiger partial charge is 0.255 e. The number of carbonyl (C=O) groups is 1. The fourth-order valence-electron chi connectivity index (χ4n) is 3.98. The molecule has 0 atom stereocenters. The molecule has 0 radical (unpaired) electrons. The molecule has 0 spiro atoms. The number of hydrogen-bond donors (Lipinski definition) is 0. The van der Waals surface area contributed by atoms with Gasteiger partial charge in [0.25, 0.3) is 5.91 Å². The van der Waals surface area contributed by atoms with E-state index in [1.807, 2.05) is 11.8 Å². The molecule has 4 rings (SSSR count). The van der Waals surface area contributed by atoms with E-state index in [4.69, 9.17) is 4.98 Å². The Morgan fingerprint density at radius 1 is 1.11 bits per heavy atom. The Balaban J connectivity index is 1.45. The number of rotatable bonds is 3. The van der Waals surface area contributed by atoms with Crippen LogP contribution in [-0.2, 0) is 12.8 Å². The average molecular weight is 385 g/mol. The summed E-state index contributed by atoms with van der Waals surface area (Å²) in [5.41, 5.74) is 3.29. The second-order valence-electron chi connectivity index (χ2n) is 7.92. The highest BCUT2D eigenvalue weighted by Gasteiger charge is 2.27. The van der Waals surface area contributed by atoms with Gasteiger partial charge in [-0.3, -0.25) is 4.79 Å². The predicted octanol–water partition coefficient (Wildman–Crippen LogP) is 3.81. The normalized spacial score (nSPS) is 17.3. The Morgan fingerprint density at radius 2 is 1.85 bits per heavy atom. The molecule has 5 nitrogen and oxygen atoms in total. The van der Waals surface area contributed by atoms with Crippen LogP contribution in [0.1, 0.15) is 64.9 Å². The van der Waals surface area contributed by atoms with E-state index in [2.05, 4.69) is 35.2 Å². The summed E-state index contributed by atoms with van der Waals surface area (Å²) >= 11 is 1.77. The number of fused-ring (bicyclic) bond motifs is 1. The van der Waals surface area contributed by atoms with E-state index in [1.54, 1.807) is 11.3 Å². The number of amides is 1. The number of aryl methyl sites for hydroxylation is 2. The number of anilines is 1. The molecular weight excluding hydrogens is 356 g/mol. The van der Waals surface area contributed by atoms with E-state index in [-0.39, 0.29) is 5.91 Å². The van der Waals surface area contributed by atoms with Gasteiger partial charge in [0.15, 0.2) is 0 Å². The molecular formula is C21H28N4OS. The first kappa shape index (κ1) is 18.4. The molecule has 0 saturated carbocycles. The van der Waals surface area contributed by atoms with E-state index in [0.717, 1.165) is 61.9 Å². The summed E-state index contributed by atoms with van der Waals surface area (Å²) in [6.45, 7) is 9.43. The molecule has 3 heterocycles. The van der Waals surface area contributed by atoms with Crippen molar-refractivity contribution in [3.63, 3.8) is 0 Å². The molecule has 1 amide bonds. The Hall–Kier alpha value is -1.95. The van der Waals surface area contributed by atoms with E-state index in [9.17, 15) is 4.79 Å². The van der Waals surface area contributed by atoms with Crippen LogP contribution in [0.25, 0.3) is 0 Å². The zero-order valence-electron chi connectivity index (χ0n) is 16.5. The lowest BCUT2D eigenvalue weighted by molar-refractivity contribution is 0.0745. The highest BCUT2D eigenvalue weighted by Crippen LogP contribution is 2.31. The largest absolute Gasteiger partial charge is 0.353 e. The third-order valence-electron chi connectivity index (χ3n) is 5.56. The molecule has 144 valence electrons. The van der Waals surface area contributed by atoms with Crippen molar-refractivity contribution in [2.75, 3.05) is 31.1 Å². The SMILES string of the molecule is Cc1cc(N2CCN(C(=O)c3csc4c3CCCC4)CC2)nc(C(C)C)n1. The Bertz CT molecular complexity index is 837. The molecule has 1 aliphatic carbocycles. The van der Waals surface area contributed by atoms with Crippen LogP contribution in [0.3, 0.4) is 0 Å². The van der Waals surface area contributed by atoms with Crippen LogP contribution >= 0.6 is 11.3 Å². The molecule has 0 unspecified atom stereocenters. The lowest BCUT2D eigenvalue weighted by Crippen LogP contribution is -2.49. The van der Waals surface area contributed by atoms with Crippen LogP contribution < -0.4 is 4.90 Å². The lowest BCUT2D eigenvalue weighted by Gasteiger charge is -2.35. The van der Waals surface area contributed by atoms with Crippen molar-refractivity contribution in [1.82, 2.24) is 14.9 Å². The number of nitrogens with zero attached hydrogens (tertiary/aromatic N) is 4. The third-order valence-corrected chi connectivity index (χ3v) is 6.65. The van der Waals surface area contributed by atoms with Gasteiger partial charge in [-0.15, -0.1) is 11.3 Å². The lowest BCUT2D eigenvalue weighted by atomic mass is 9.95. The van der Waals surface area contributed by atoms with Gasteiger partial charge in [-0.1, -0.05) is 13.8 Å². The average Bonchev–Trinajstić information content (AvgIpc) is 3.11. The Morgan fingerprint density at radius 3 is 2.59 bits per heavy atom. The number of piperazine rings is 1. The van der Waals surface area contributed by atoms with Crippen molar-refractivity contribution in [2.45, 2.75) is 52.4 Å². The van der Waals surface area contributed by atoms with E-state index in [1.165, 1.54) is 23.3 Å². The van der Waals surface area contributed by atoms with Crippen LogP contribution in [0.15, 0.2) is 11.4 Å². The molecule has 1 saturated heterocycles. The summed E-state index contributed by atoms with van der Waals surface area (Å²) in [6, 6.07) is 2.05. The van der Waals surface area contributed by atoms with Gasteiger partial charge in [0.2, 0.25) is 0 Å². The summed E-state index contributed by atoms with van der Waals surface area (Å²) in [5, 5.41) is 2.09. The highest BCUT2D eigenvalue weighted by molar-refractivity contribution is 7.10. The second-order valence-corrected chi connectivity index (χ2v) is 8.88. The van der Waals surface area contributed by atoms with Gasteiger partial charge in [0.05, 0.1) is 5.56 Å². The molecule has 2 aliphatic rings. The molecule has 27 heavy (non-hydrogen) atoms. The molecule has 2 aromatic heterocycles. The summed E-state index contributed by atoms with van der Waals surface area (Å²) < 4.78 is 0. The van der Waals surface area contributed by atoms with E-state index >= 15 is 0 Å². The standard InChI is InChI=1S/C21H28N4OS/c1-14(2)20-22-15(3)12-19(23-20)24-8-10-25(11-9-24)21(26)17-13-27-18-7-5-4-6-16(17)18/h12-14H,4-11H2,1-3H3. The molecule has 1 aliphatic heterocycles. The fourth-order valence-corrected chi connectivity index (χ4v) is 5.10. The topological polar surface area (TPSA) is 49.3 Å². The molecule has 0 N–H and O–H groups in total. The molecule has 6 heteroatoms. The van der Waals surface area contributed by atoms with E-state index in [0.29, 0.717) is 5.92 Å². The predicted molar refractivity (Wildman–Crippen MR) is 110 cm³/mol. The maximum Gasteiger partial charge on any atom is 0.255 e. The quantitative estimate of drug-likeness (QED) is 0.807. The van der Waals surface area contributed by atoms with Gasteiger partial charge in [-0.05, 0) is 38.2 Å². The summed E-state index contributed by atoms with van der Waals surface area (Å²) in [6.07, 6.45) is 4.68. The zero-order chi connectivity index (χ0) is 19.0. The number of aromatic nitrogens is 2. The number of hydrogen-bond acceptors (Lipinski definition) is 5. The Kier molecular flexibility index (Phi) is 5.17. The first-order chi connectivity index (χ1) is 13.0. The minimum absolute atomic E-state index is 0.218. The molecule has 2 aromatic rings. The maximum absolute atomic E-state index is 13.1. The first-order valence-electron chi connectivity index (χ1n) is 10.0. The summed E-state index contributed by atoms with van der Waals surface area (Å²) in [5.74, 6) is 2.42. The monoisotopic (exact) mass is 384 g/mol. The second kappa shape index (κ2) is 7.58. The van der Waals surface area contributed by atoms with Gasteiger partial charge in [0.1, 0.15) is 11.6 Å². The third kappa shape index (κ3) is 3.72. The molecule has 0 aromatic carbocycles. The fraction of sp³-hybridized carbons (Fsp3) is 0.571. The van der Waals surface area contributed by atoms with Gasteiger partial charge < -0.3 is 9.80 Å². The van der Waals surface area contributed by atoms with Crippen LogP contribution in [0.2, 0.25) is 0 Å². The molecule has 1 fully saturated rings. The van der Waals surface area contributed by atoms with Crippen molar-refractivity contribution in [2.24, 2.45) is 0 Å². The van der Waals surface area contributed by atoms with Crippen molar-refractivity contribution in [1.29, 1.82) is 0 Å². The highest BCUT2D eigenvalue weighted by atomic mass is 32.1. The first-order valence-corrected chi connectivity index (χ1v) is 10.9. The van der Waals surface area contributed by atoms with Crippen LogP contribution in [0, 0.1) is 6.92 Å². The zero-order valence-corrected chi connectivity index (χ0v) is 17.3. The minimum Gasteiger partial charge on any atom is -0.353 e. The van der Waals surface area contributed by atoms with Gasteiger partial charge in [0, 0.05) is 54.1 Å². The van der Waals surface area contributed by atoms with Gasteiger partial charge in [-0.2, -0.15) is 0 Å². The molecule has 0 bridgehead atoms. The minimum atomic E-state index is 0.218. The van der Waals surface area contributed by atoms with Crippen molar-refractivity contribution in [3.05, 3.63) is 39.0 Å². The van der Waals surface area contributed by atoms with Crippen LogP contribution in [0.5, 0.6) is 0 Å². The maximum atomic E-state index is 13.1. The van der Waals surface area contributed by atoms with Crippen molar-refractivity contribution in [3.8, 4) is 0 Å². The van der Waals surface area contributed by atoms with Crippen molar-refractivity contribution >= 4 is 23.1 Å². The number of thiophene rings is 1. The Labute approximate surface area is 165 Å².